The Balaban J connectivity index is 1.23. The number of anilines is 6. The number of fused-ring (bicyclic) bond motifs is 5. The fourth-order valence-electron chi connectivity index (χ4n) is 8.69. The van der Waals surface area contributed by atoms with Gasteiger partial charge in [0.05, 0.1) is 11.4 Å². The lowest BCUT2D eigenvalue weighted by Crippen LogP contribution is -2.11. The highest BCUT2D eigenvalue weighted by Crippen LogP contribution is 2.50. The van der Waals surface area contributed by atoms with Gasteiger partial charge >= 0.3 is 0 Å². The van der Waals surface area contributed by atoms with Crippen molar-refractivity contribution in [2.24, 2.45) is 0 Å². The molecule has 2 heteroatoms. The van der Waals surface area contributed by atoms with Crippen molar-refractivity contribution in [1.82, 2.24) is 0 Å². The molecular formula is C52H34N2. The Hall–Kier alpha value is -7.16. The SMILES string of the molecule is c1ccc(N(c2ccc3ccccc3c2)c2ccc3c4ccccc4c4ccc(N(c5ccccc5)c5ccc6ccccc6c5)c5ccc2c3c54)cc1. The highest BCUT2D eigenvalue weighted by atomic mass is 15.1. The molecule has 11 aromatic carbocycles. The summed E-state index contributed by atoms with van der Waals surface area (Å²) in [6.45, 7) is 0. The van der Waals surface area contributed by atoms with Crippen LogP contribution >= 0.6 is 0 Å². The Morgan fingerprint density at radius 1 is 0.222 bits per heavy atom. The van der Waals surface area contributed by atoms with Crippen LogP contribution in [0.1, 0.15) is 0 Å². The van der Waals surface area contributed by atoms with E-state index in [4.69, 9.17) is 0 Å². The quantitative estimate of drug-likeness (QED) is 0.127. The molecule has 11 rings (SSSR count). The fourth-order valence-corrected chi connectivity index (χ4v) is 8.69. The van der Waals surface area contributed by atoms with Crippen molar-refractivity contribution in [3.05, 3.63) is 206 Å². The van der Waals surface area contributed by atoms with Crippen LogP contribution in [0.5, 0.6) is 0 Å². The van der Waals surface area contributed by atoms with Gasteiger partial charge in [0, 0.05) is 44.3 Å². The summed E-state index contributed by atoms with van der Waals surface area (Å²) >= 11 is 0. The van der Waals surface area contributed by atoms with Gasteiger partial charge in [-0.2, -0.15) is 0 Å². The van der Waals surface area contributed by atoms with Crippen LogP contribution in [0.15, 0.2) is 206 Å². The zero-order chi connectivity index (χ0) is 35.6. The first-order valence-electron chi connectivity index (χ1n) is 18.6. The summed E-state index contributed by atoms with van der Waals surface area (Å²) in [5, 5.41) is 15.0. The zero-order valence-electron chi connectivity index (χ0n) is 29.5. The van der Waals surface area contributed by atoms with Gasteiger partial charge < -0.3 is 9.80 Å². The minimum atomic E-state index is 1.12. The molecular weight excluding hydrogens is 653 g/mol. The normalized spacial score (nSPS) is 11.7. The summed E-state index contributed by atoms with van der Waals surface area (Å²) in [5.74, 6) is 0. The number of rotatable bonds is 6. The Morgan fingerprint density at radius 3 is 1.04 bits per heavy atom. The lowest BCUT2D eigenvalue weighted by atomic mass is 9.87. The van der Waals surface area contributed by atoms with Gasteiger partial charge in [0.1, 0.15) is 0 Å². The van der Waals surface area contributed by atoms with Crippen molar-refractivity contribution >= 4 is 98.8 Å². The second kappa shape index (κ2) is 12.2. The molecule has 0 unspecified atom stereocenters. The Kier molecular flexibility index (Phi) is 6.90. The van der Waals surface area contributed by atoms with Crippen LogP contribution in [0.2, 0.25) is 0 Å². The van der Waals surface area contributed by atoms with Gasteiger partial charge in [0.25, 0.3) is 0 Å². The van der Waals surface area contributed by atoms with Gasteiger partial charge in [0.2, 0.25) is 0 Å². The van der Waals surface area contributed by atoms with Gasteiger partial charge in [-0.05, 0) is 104 Å². The van der Waals surface area contributed by atoms with E-state index < -0.39 is 0 Å². The van der Waals surface area contributed by atoms with Crippen molar-refractivity contribution in [3.63, 3.8) is 0 Å². The summed E-state index contributed by atoms with van der Waals surface area (Å²) in [6.07, 6.45) is 0. The first kappa shape index (κ1) is 30.5. The monoisotopic (exact) mass is 686 g/mol. The predicted octanol–water partition coefficient (Wildman–Crippen LogP) is 15.0. The average molecular weight is 687 g/mol. The number of benzene rings is 11. The molecule has 0 heterocycles. The van der Waals surface area contributed by atoms with Crippen LogP contribution < -0.4 is 9.80 Å². The van der Waals surface area contributed by atoms with E-state index >= 15 is 0 Å². The van der Waals surface area contributed by atoms with Crippen LogP contribution in [0.3, 0.4) is 0 Å². The maximum absolute atomic E-state index is 2.42. The van der Waals surface area contributed by atoms with E-state index in [2.05, 4.69) is 216 Å². The molecule has 2 nitrogen and oxygen atoms in total. The maximum atomic E-state index is 2.42. The smallest absolute Gasteiger partial charge is 0.0540 e. The summed E-state index contributed by atoms with van der Waals surface area (Å²) in [5.41, 5.74) is 6.82. The molecule has 0 fully saturated rings. The molecule has 0 atom stereocenters. The third-order valence-corrected chi connectivity index (χ3v) is 11.1. The summed E-state index contributed by atoms with van der Waals surface area (Å²) in [4.78, 5) is 4.85. The molecule has 0 aliphatic rings. The highest BCUT2D eigenvalue weighted by Gasteiger charge is 2.23. The average Bonchev–Trinajstić information content (AvgIpc) is 3.24. The second-order valence-corrected chi connectivity index (χ2v) is 14.1. The number of nitrogens with zero attached hydrogens (tertiary/aromatic N) is 2. The molecule has 0 bridgehead atoms. The number of para-hydroxylation sites is 2. The molecule has 0 aliphatic heterocycles. The molecule has 54 heavy (non-hydrogen) atoms. The molecule has 0 saturated heterocycles. The number of hydrogen-bond donors (Lipinski definition) is 0. The second-order valence-electron chi connectivity index (χ2n) is 14.1. The summed E-state index contributed by atoms with van der Waals surface area (Å²) < 4.78 is 0. The summed E-state index contributed by atoms with van der Waals surface area (Å²) in [6, 6.07) is 75.3. The maximum Gasteiger partial charge on any atom is 0.0540 e. The third kappa shape index (κ3) is 4.74. The Labute approximate surface area is 313 Å². The molecule has 252 valence electrons. The lowest BCUT2D eigenvalue weighted by Gasteiger charge is -2.30. The molecule has 0 amide bonds. The van der Waals surface area contributed by atoms with Crippen molar-refractivity contribution in [3.8, 4) is 0 Å². The first-order valence-corrected chi connectivity index (χ1v) is 18.6. The van der Waals surface area contributed by atoms with Crippen LogP contribution in [-0.4, -0.2) is 0 Å². The molecule has 11 aromatic rings. The zero-order valence-corrected chi connectivity index (χ0v) is 29.5. The predicted molar refractivity (Wildman–Crippen MR) is 232 cm³/mol. The molecule has 0 radical (unpaired) electrons. The van der Waals surface area contributed by atoms with E-state index in [1.807, 2.05) is 0 Å². The molecule has 0 aromatic heterocycles. The van der Waals surface area contributed by atoms with E-state index in [1.165, 1.54) is 64.6 Å². The van der Waals surface area contributed by atoms with E-state index in [9.17, 15) is 0 Å². The molecule has 0 N–H and O–H groups in total. The minimum Gasteiger partial charge on any atom is -0.310 e. The molecule has 0 aliphatic carbocycles. The van der Waals surface area contributed by atoms with Gasteiger partial charge in [-0.1, -0.05) is 146 Å². The molecule has 0 spiro atoms. The van der Waals surface area contributed by atoms with Crippen LogP contribution in [0.25, 0.3) is 64.6 Å². The van der Waals surface area contributed by atoms with E-state index in [0.717, 1.165) is 34.1 Å². The van der Waals surface area contributed by atoms with Crippen molar-refractivity contribution < 1.29 is 0 Å². The van der Waals surface area contributed by atoms with Crippen LogP contribution in [-0.2, 0) is 0 Å². The van der Waals surface area contributed by atoms with Gasteiger partial charge in [-0.3, -0.25) is 0 Å². The van der Waals surface area contributed by atoms with Crippen LogP contribution in [0.4, 0.5) is 34.1 Å². The van der Waals surface area contributed by atoms with Crippen molar-refractivity contribution in [2.75, 3.05) is 9.80 Å². The number of hydrogen-bond acceptors (Lipinski definition) is 2. The largest absolute Gasteiger partial charge is 0.310 e. The summed E-state index contributed by atoms with van der Waals surface area (Å²) in [7, 11) is 0. The minimum absolute atomic E-state index is 1.12. The first-order chi connectivity index (χ1) is 26.8. The lowest BCUT2D eigenvalue weighted by molar-refractivity contribution is 1.30. The fraction of sp³-hybridized carbons (Fsp3) is 0. The highest BCUT2D eigenvalue weighted by molar-refractivity contribution is 6.36. The topological polar surface area (TPSA) is 6.48 Å². The van der Waals surface area contributed by atoms with E-state index in [0.29, 0.717) is 0 Å². The third-order valence-electron chi connectivity index (χ3n) is 11.1. The van der Waals surface area contributed by atoms with Crippen molar-refractivity contribution in [2.45, 2.75) is 0 Å². The van der Waals surface area contributed by atoms with E-state index in [-0.39, 0.29) is 0 Å². The molecule has 0 saturated carbocycles. The van der Waals surface area contributed by atoms with E-state index in [1.54, 1.807) is 0 Å². The van der Waals surface area contributed by atoms with Gasteiger partial charge in [-0.15, -0.1) is 0 Å². The Morgan fingerprint density at radius 2 is 0.593 bits per heavy atom. The standard InChI is InChI=1S/C52H34N2/c1-3-17-39(18-4-1)53(41-25-23-35-13-7-9-15-37(35)33-41)49-31-29-45-43-21-11-12-22-44(43)46-30-32-50(48-28-27-47(49)51(45)52(46)48)54(40-19-5-2-6-20-40)42-26-24-36-14-8-10-16-38(36)34-42/h1-34H. The van der Waals surface area contributed by atoms with Crippen LogP contribution in [0, 0.1) is 0 Å². The van der Waals surface area contributed by atoms with Gasteiger partial charge in [0.15, 0.2) is 0 Å². The Bertz CT molecular complexity index is 2950. The van der Waals surface area contributed by atoms with Gasteiger partial charge in [-0.25, -0.2) is 0 Å². The van der Waals surface area contributed by atoms with Crippen molar-refractivity contribution in [1.29, 1.82) is 0 Å².